The van der Waals surface area contributed by atoms with Gasteiger partial charge in [0, 0.05) is 28.6 Å². The third kappa shape index (κ3) is 6.62. The Balaban J connectivity index is 1.97. The molecule has 2 aromatic carbocycles. The van der Waals surface area contributed by atoms with Crippen LogP contribution < -0.4 is 9.62 Å². The van der Waals surface area contributed by atoms with E-state index >= 15 is 0 Å². The second-order valence-electron chi connectivity index (χ2n) is 7.12. The Hall–Kier alpha value is -1.77. The van der Waals surface area contributed by atoms with E-state index in [0.29, 0.717) is 34.3 Å². The van der Waals surface area contributed by atoms with Crippen LogP contribution in [-0.2, 0) is 20.6 Å². The molecule has 0 aliphatic carbocycles. The molecule has 5 nitrogen and oxygen atoms in total. The molecular formula is C21H26ClFN2O3S2. The summed E-state index contributed by atoms with van der Waals surface area (Å²) in [7, 11) is -3.67. The number of carbonyl (C=O) groups excluding carboxylic acids is 1. The summed E-state index contributed by atoms with van der Waals surface area (Å²) in [6.07, 6.45) is 1.09. The molecule has 0 heterocycles. The van der Waals surface area contributed by atoms with E-state index in [4.69, 9.17) is 11.6 Å². The topological polar surface area (TPSA) is 66.5 Å². The standard InChI is InChI=1S/C21H26ClFN2O3S2/c1-14-10-15(2)12-17(11-14)25(30(4,27)28)16(3)21(26)24-8-9-29-13-18-19(22)6-5-7-20(18)23/h5-7,10-12,16H,8-9,13H2,1-4H3,(H,24,26). The Labute approximate surface area is 187 Å². The first-order chi connectivity index (χ1) is 14.0. The molecule has 30 heavy (non-hydrogen) atoms. The maximum absolute atomic E-state index is 13.8. The summed E-state index contributed by atoms with van der Waals surface area (Å²) in [5.41, 5.74) is 2.71. The summed E-state index contributed by atoms with van der Waals surface area (Å²) in [6.45, 7) is 5.63. The molecular weight excluding hydrogens is 447 g/mol. The maximum Gasteiger partial charge on any atom is 0.243 e. The fourth-order valence-corrected chi connectivity index (χ4v) is 5.48. The Morgan fingerprint density at radius 2 is 1.87 bits per heavy atom. The van der Waals surface area contributed by atoms with Crippen LogP contribution in [0.25, 0.3) is 0 Å². The van der Waals surface area contributed by atoms with Crippen LogP contribution in [-0.4, -0.2) is 38.9 Å². The number of nitrogens with one attached hydrogen (secondary N) is 1. The number of amides is 1. The van der Waals surface area contributed by atoms with E-state index in [0.717, 1.165) is 21.7 Å². The fourth-order valence-electron chi connectivity index (χ4n) is 3.13. The van der Waals surface area contributed by atoms with Gasteiger partial charge in [-0.3, -0.25) is 9.10 Å². The van der Waals surface area contributed by atoms with Gasteiger partial charge in [-0.1, -0.05) is 23.7 Å². The lowest BCUT2D eigenvalue weighted by atomic mass is 10.1. The number of hydrogen-bond acceptors (Lipinski definition) is 4. The number of anilines is 1. The molecule has 2 aromatic rings. The van der Waals surface area contributed by atoms with Gasteiger partial charge < -0.3 is 5.32 Å². The highest BCUT2D eigenvalue weighted by Gasteiger charge is 2.29. The largest absolute Gasteiger partial charge is 0.353 e. The predicted molar refractivity (Wildman–Crippen MR) is 123 cm³/mol. The van der Waals surface area contributed by atoms with Gasteiger partial charge in [0.05, 0.1) is 11.9 Å². The number of halogens is 2. The molecule has 0 saturated carbocycles. The van der Waals surface area contributed by atoms with E-state index in [1.54, 1.807) is 31.2 Å². The number of sulfonamides is 1. The van der Waals surface area contributed by atoms with Crippen LogP contribution in [0.3, 0.4) is 0 Å². The van der Waals surface area contributed by atoms with Gasteiger partial charge in [-0.2, -0.15) is 11.8 Å². The van der Waals surface area contributed by atoms with E-state index in [1.807, 2.05) is 19.9 Å². The van der Waals surface area contributed by atoms with Crippen molar-refractivity contribution in [1.82, 2.24) is 5.32 Å². The monoisotopic (exact) mass is 472 g/mol. The van der Waals surface area contributed by atoms with Gasteiger partial charge in [0.2, 0.25) is 15.9 Å². The number of carbonyl (C=O) groups is 1. The number of benzene rings is 2. The summed E-state index contributed by atoms with van der Waals surface area (Å²) in [4.78, 5) is 12.6. The number of nitrogens with zero attached hydrogens (tertiary/aromatic N) is 1. The smallest absolute Gasteiger partial charge is 0.243 e. The zero-order valence-electron chi connectivity index (χ0n) is 17.4. The molecule has 2 rings (SSSR count). The molecule has 0 aromatic heterocycles. The van der Waals surface area contributed by atoms with E-state index in [1.165, 1.54) is 17.8 Å². The third-order valence-electron chi connectivity index (χ3n) is 4.40. The highest BCUT2D eigenvalue weighted by atomic mass is 35.5. The molecule has 0 spiro atoms. The Morgan fingerprint density at radius 1 is 1.23 bits per heavy atom. The average molecular weight is 473 g/mol. The van der Waals surface area contributed by atoms with Crippen LogP contribution in [0.4, 0.5) is 10.1 Å². The predicted octanol–water partition coefficient (Wildman–Crippen LogP) is 4.30. The first kappa shape index (κ1) is 24.5. The molecule has 0 bridgehead atoms. The summed E-state index contributed by atoms with van der Waals surface area (Å²) in [6, 6.07) is 9.06. The van der Waals surface area contributed by atoms with Crippen LogP contribution in [0.1, 0.15) is 23.6 Å². The van der Waals surface area contributed by atoms with E-state index in [2.05, 4.69) is 5.32 Å². The zero-order chi connectivity index (χ0) is 22.5. The maximum atomic E-state index is 13.8. The normalized spacial score (nSPS) is 12.5. The van der Waals surface area contributed by atoms with Crippen molar-refractivity contribution in [2.45, 2.75) is 32.6 Å². The Kier molecular flexibility index (Phi) is 8.58. The molecule has 1 amide bonds. The van der Waals surface area contributed by atoms with E-state index in [9.17, 15) is 17.6 Å². The zero-order valence-corrected chi connectivity index (χ0v) is 19.8. The number of aryl methyl sites for hydroxylation is 2. The quantitative estimate of drug-likeness (QED) is 0.552. The first-order valence-electron chi connectivity index (χ1n) is 9.36. The van der Waals surface area contributed by atoms with Gasteiger partial charge >= 0.3 is 0 Å². The number of thioether (sulfide) groups is 1. The number of hydrogen-bond donors (Lipinski definition) is 1. The van der Waals surface area contributed by atoms with Crippen molar-refractivity contribution in [2.24, 2.45) is 0 Å². The summed E-state index contributed by atoms with van der Waals surface area (Å²) in [5.74, 6) is 0.162. The van der Waals surface area contributed by atoms with Gasteiger partial charge in [-0.05, 0) is 56.2 Å². The molecule has 0 fully saturated rings. The van der Waals surface area contributed by atoms with Crippen molar-refractivity contribution in [3.8, 4) is 0 Å². The van der Waals surface area contributed by atoms with Gasteiger partial charge in [-0.25, -0.2) is 12.8 Å². The molecule has 0 aliphatic rings. The fraction of sp³-hybridized carbons (Fsp3) is 0.381. The van der Waals surface area contributed by atoms with Gasteiger partial charge in [0.15, 0.2) is 0 Å². The number of rotatable bonds is 9. The minimum absolute atomic E-state index is 0.324. The van der Waals surface area contributed by atoms with Crippen molar-refractivity contribution in [1.29, 1.82) is 0 Å². The first-order valence-corrected chi connectivity index (χ1v) is 12.7. The summed E-state index contributed by atoms with van der Waals surface area (Å²) < 4.78 is 39.7. The SMILES string of the molecule is Cc1cc(C)cc(N(C(C)C(=O)NCCSCc2c(F)cccc2Cl)S(C)(=O)=O)c1. The minimum atomic E-state index is -3.67. The molecule has 1 N–H and O–H groups in total. The highest BCUT2D eigenvalue weighted by molar-refractivity contribution is 7.98. The van der Waals surface area contributed by atoms with Crippen LogP contribution in [0, 0.1) is 19.7 Å². The van der Waals surface area contributed by atoms with Crippen molar-refractivity contribution in [3.05, 3.63) is 63.9 Å². The molecule has 9 heteroatoms. The lowest BCUT2D eigenvalue weighted by molar-refractivity contribution is -0.121. The van der Waals surface area contributed by atoms with Crippen molar-refractivity contribution < 1.29 is 17.6 Å². The molecule has 0 radical (unpaired) electrons. The average Bonchev–Trinajstić information content (AvgIpc) is 2.61. The van der Waals surface area contributed by atoms with Crippen LogP contribution in [0.5, 0.6) is 0 Å². The lowest BCUT2D eigenvalue weighted by Gasteiger charge is -2.28. The molecule has 164 valence electrons. The highest BCUT2D eigenvalue weighted by Crippen LogP contribution is 2.25. The molecule has 1 unspecified atom stereocenters. The minimum Gasteiger partial charge on any atom is -0.353 e. The van der Waals surface area contributed by atoms with E-state index < -0.39 is 22.0 Å². The van der Waals surface area contributed by atoms with Gasteiger partial charge in [0.25, 0.3) is 0 Å². The lowest BCUT2D eigenvalue weighted by Crippen LogP contribution is -2.48. The third-order valence-corrected chi connectivity index (χ3v) is 6.98. The van der Waals surface area contributed by atoms with Crippen molar-refractivity contribution in [2.75, 3.05) is 22.9 Å². The Morgan fingerprint density at radius 3 is 2.43 bits per heavy atom. The molecule has 1 atom stereocenters. The molecule has 0 aliphatic heterocycles. The second kappa shape index (κ2) is 10.5. The van der Waals surface area contributed by atoms with Crippen molar-refractivity contribution >= 4 is 45.0 Å². The summed E-state index contributed by atoms with van der Waals surface area (Å²) >= 11 is 7.44. The van der Waals surface area contributed by atoms with Crippen LogP contribution in [0.15, 0.2) is 36.4 Å². The molecule has 0 saturated heterocycles. The summed E-state index contributed by atoms with van der Waals surface area (Å²) in [5, 5.41) is 3.13. The Bertz CT molecular complexity index is 975. The van der Waals surface area contributed by atoms with Gasteiger partial charge in [0.1, 0.15) is 11.9 Å². The van der Waals surface area contributed by atoms with Crippen LogP contribution in [0.2, 0.25) is 5.02 Å². The van der Waals surface area contributed by atoms with Gasteiger partial charge in [-0.15, -0.1) is 0 Å². The second-order valence-corrected chi connectivity index (χ2v) is 10.5. The van der Waals surface area contributed by atoms with Crippen LogP contribution >= 0.6 is 23.4 Å². The van der Waals surface area contributed by atoms with Crippen molar-refractivity contribution in [3.63, 3.8) is 0 Å². The van der Waals surface area contributed by atoms with E-state index in [-0.39, 0.29) is 5.82 Å².